The number of ether oxygens (including phenoxy) is 1. The second kappa shape index (κ2) is 12.5. The highest BCUT2D eigenvalue weighted by atomic mass is 32.1. The highest BCUT2D eigenvalue weighted by Crippen LogP contribution is 2.27. The Bertz CT molecular complexity index is 1350. The van der Waals surface area contributed by atoms with Gasteiger partial charge in [-0.3, -0.25) is 24.2 Å². The van der Waals surface area contributed by atoms with Gasteiger partial charge in [0.05, 0.1) is 18.6 Å². The standard InChI is InChI=1S/C29H35F2N5O6S/c30-19-2-1-16(7-20(19)31)11-34-4-5-35-14-22(34)28(40)32-10-24-27(39)26(38)23(42-24)9-25(37)33-18-8-21(29(35)41)36(13-18)12-17-3-6-43-15-17/h1-3,6-7,15,18,21-24,26-27,38-39H,4-5,8-14H2,(H,32,40)(H,33,37)/t18-,21-,22-,23-,24+,26-,27+/m0/s1. The van der Waals surface area contributed by atoms with Crippen molar-refractivity contribution >= 4 is 29.1 Å². The lowest BCUT2D eigenvalue weighted by Gasteiger charge is -2.42. The molecule has 0 radical (unpaired) electrons. The Hall–Kier alpha value is -3.01. The molecule has 0 aliphatic carbocycles. The average Bonchev–Trinajstić information content (AvgIpc) is 3.70. The van der Waals surface area contributed by atoms with Gasteiger partial charge in [-0.2, -0.15) is 11.3 Å². The van der Waals surface area contributed by atoms with Gasteiger partial charge in [-0.25, -0.2) is 8.78 Å². The number of thiophene rings is 1. The molecule has 232 valence electrons. The highest BCUT2D eigenvalue weighted by Gasteiger charge is 2.46. The van der Waals surface area contributed by atoms with E-state index in [2.05, 4.69) is 10.6 Å². The van der Waals surface area contributed by atoms with Gasteiger partial charge in [-0.05, 0) is 46.5 Å². The monoisotopic (exact) mass is 619 g/mol. The van der Waals surface area contributed by atoms with Gasteiger partial charge in [-0.1, -0.05) is 6.07 Å². The van der Waals surface area contributed by atoms with E-state index in [1.807, 2.05) is 26.6 Å². The largest absolute Gasteiger partial charge is 0.388 e. The lowest BCUT2D eigenvalue weighted by molar-refractivity contribution is -0.142. The number of hydrogen-bond acceptors (Lipinski definition) is 9. The van der Waals surface area contributed by atoms with Gasteiger partial charge in [0.1, 0.15) is 24.4 Å². The minimum Gasteiger partial charge on any atom is -0.388 e. The van der Waals surface area contributed by atoms with E-state index in [0.717, 1.165) is 17.7 Å². The number of nitrogens with one attached hydrogen (secondary N) is 2. The van der Waals surface area contributed by atoms with Crippen molar-refractivity contribution in [2.75, 3.05) is 32.7 Å². The van der Waals surface area contributed by atoms with Crippen LogP contribution in [0.25, 0.3) is 0 Å². The van der Waals surface area contributed by atoms with Crippen LogP contribution in [0.4, 0.5) is 8.78 Å². The Morgan fingerprint density at radius 1 is 0.930 bits per heavy atom. The summed E-state index contributed by atoms with van der Waals surface area (Å²) in [5.74, 6) is -2.87. The molecule has 1 aromatic carbocycles. The molecule has 0 saturated carbocycles. The summed E-state index contributed by atoms with van der Waals surface area (Å²) >= 11 is 1.56. The first kappa shape index (κ1) is 30.0. The second-order valence-electron chi connectivity index (χ2n) is 11.7. The van der Waals surface area contributed by atoms with Gasteiger partial charge in [0.15, 0.2) is 11.6 Å². The molecule has 6 rings (SSSR count). The predicted octanol–water partition coefficient (Wildman–Crippen LogP) is -0.192. The molecular formula is C29H35F2N5O6S. The van der Waals surface area contributed by atoms with Crippen LogP contribution in [-0.2, 0) is 32.2 Å². The van der Waals surface area contributed by atoms with Crippen LogP contribution in [0.3, 0.4) is 0 Å². The van der Waals surface area contributed by atoms with E-state index < -0.39 is 54.0 Å². The molecule has 0 spiro atoms. The Labute approximate surface area is 251 Å². The molecule has 43 heavy (non-hydrogen) atoms. The Morgan fingerprint density at radius 2 is 1.72 bits per heavy atom. The summed E-state index contributed by atoms with van der Waals surface area (Å²) < 4.78 is 33.3. The quantitative estimate of drug-likeness (QED) is 0.370. The molecule has 3 amide bonds. The zero-order valence-corrected chi connectivity index (χ0v) is 24.2. The fourth-order valence-corrected chi connectivity index (χ4v) is 7.21. The maximum absolute atomic E-state index is 14.0. The average molecular weight is 620 g/mol. The predicted molar refractivity (Wildman–Crippen MR) is 151 cm³/mol. The smallest absolute Gasteiger partial charge is 0.240 e. The summed E-state index contributed by atoms with van der Waals surface area (Å²) in [4.78, 5) is 46.1. The van der Waals surface area contributed by atoms with E-state index in [1.165, 1.54) is 6.07 Å². The van der Waals surface area contributed by atoms with Crippen molar-refractivity contribution < 1.29 is 38.1 Å². The third-order valence-electron chi connectivity index (χ3n) is 8.82. The van der Waals surface area contributed by atoms with Gasteiger partial charge in [-0.15, -0.1) is 0 Å². The number of halogens is 2. The summed E-state index contributed by atoms with van der Waals surface area (Å²) in [5.41, 5.74) is 1.53. The fourth-order valence-electron chi connectivity index (χ4n) is 6.55. The van der Waals surface area contributed by atoms with E-state index in [0.29, 0.717) is 38.2 Å². The van der Waals surface area contributed by atoms with Crippen molar-refractivity contribution in [2.45, 2.75) is 68.5 Å². The molecule has 4 N–H and O–H groups in total. The number of hydrogen-bond donors (Lipinski definition) is 4. The van der Waals surface area contributed by atoms with Crippen LogP contribution in [0.5, 0.6) is 0 Å². The SMILES string of the molecule is O=C1C[C@@H]2O[C@H](CNC(=O)[C@@H]3CN(CCN3Cc3ccc(F)c(F)c3)C(=O)[C@@H]3C[C@@H](CN3Cc3ccsc3)N1)[C@@H](O)[C@H]2O. The summed E-state index contributed by atoms with van der Waals surface area (Å²) in [5, 5.41) is 30.9. The summed E-state index contributed by atoms with van der Waals surface area (Å²) in [6, 6.07) is 3.93. The molecule has 4 aliphatic heterocycles. The number of benzene rings is 1. The molecule has 0 unspecified atom stereocenters. The van der Waals surface area contributed by atoms with Gasteiger partial charge >= 0.3 is 0 Å². The van der Waals surface area contributed by atoms with Crippen LogP contribution in [0.15, 0.2) is 35.0 Å². The normalized spacial score (nSPS) is 32.6. The van der Waals surface area contributed by atoms with Crippen molar-refractivity contribution in [1.82, 2.24) is 25.3 Å². The van der Waals surface area contributed by atoms with Crippen LogP contribution in [0, 0.1) is 11.6 Å². The van der Waals surface area contributed by atoms with E-state index in [-0.39, 0.29) is 43.9 Å². The van der Waals surface area contributed by atoms with Crippen molar-refractivity contribution in [3.63, 3.8) is 0 Å². The first-order chi connectivity index (χ1) is 20.7. The second-order valence-corrected chi connectivity index (χ2v) is 12.5. The van der Waals surface area contributed by atoms with Crippen LogP contribution < -0.4 is 10.6 Å². The van der Waals surface area contributed by atoms with Crippen LogP contribution in [0.1, 0.15) is 24.0 Å². The van der Waals surface area contributed by atoms with Gasteiger partial charge in [0.2, 0.25) is 17.7 Å². The number of carbonyl (C=O) groups is 3. The van der Waals surface area contributed by atoms with E-state index >= 15 is 0 Å². The number of aliphatic hydroxyl groups is 2. The highest BCUT2D eigenvalue weighted by molar-refractivity contribution is 7.07. The number of amides is 3. The van der Waals surface area contributed by atoms with Crippen molar-refractivity contribution in [3.05, 3.63) is 57.8 Å². The third-order valence-corrected chi connectivity index (χ3v) is 9.55. The minimum atomic E-state index is -1.31. The molecule has 5 heterocycles. The number of fused-ring (bicyclic) bond motifs is 6. The maximum atomic E-state index is 14.0. The molecule has 4 fully saturated rings. The number of nitrogens with zero attached hydrogens (tertiary/aromatic N) is 3. The molecular weight excluding hydrogens is 584 g/mol. The van der Waals surface area contributed by atoms with Crippen molar-refractivity contribution in [1.29, 1.82) is 0 Å². The molecule has 6 bridgehead atoms. The Kier molecular flexibility index (Phi) is 8.76. The van der Waals surface area contributed by atoms with E-state index in [9.17, 15) is 33.4 Å². The summed E-state index contributed by atoms with van der Waals surface area (Å²) in [7, 11) is 0. The molecule has 11 nitrogen and oxygen atoms in total. The molecule has 7 atom stereocenters. The zero-order valence-electron chi connectivity index (χ0n) is 23.4. The first-order valence-corrected chi connectivity index (χ1v) is 15.4. The Morgan fingerprint density at radius 3 is 2.49 bits per heavy atom. The topological polar surface area (TPSA) is 135 Å². The molecule has 4 aliphatic rings. The lowest BCUT2D eigenvalue weighted by Crippen LogP contribution is -2.62. The molecule has 14 heteroatoms. The molecule has 2 aromatic rings. The maximum Gasteiger partial charge on any atom is 0.240 e. The van der Waals surface area contributed by atoms with Gasteiger partial charge < -0.3 is 30.5 Å². The van der Waals surface area contributed by atoms with Crippen molar-refractivity contribution in [2.24, 2.45) is 0 Å². The van der Waals surface area contributed by atoms with Gasteiger partial charge in [0, 0.05) is 51.9 Å². The van der Waals surface area contributed by atoms with Crippen LogP contribution >= 0.6 is 11.3 Å². The fraction of sp³-hybridized carbons (Fsp3) is 0.552. The molecule has 4 saturated heterocycles. The Balaban J connectivity index is 1.27. The van der Waals surface area contributed by atoms with Crippen LogP contribution in [0.2, 0.25) is 0 Å². The number of carbonyl (C=O) groups excluding carboxylic acids is 3. The summed E-state index contributed by atoms with van der Waals surface area (Å²) in [6.45, 7) is 1.68. The number of rotatable bonds is 4. The number of likely N-dealkylation sites (tertiary alicyclic amines) is 1. The minimum absolute atomic E-state index is 0.0630. The summed E-state index contributed by atoms with van der Waals surface area (Å²) in [6.07, 6.45) is -4.33. The van der Waals surface area contributed by atoms with Crippen LogP contribution in [-0.4, -0.2) is 118 Å². The third kappa shape index (κ3) is 6.44. The number of aliphatic hydroxyl groups excluding tert-OH is 2. The number of piperazine rings is 1. The lowest BCUT2D eigenvalue weighted by atomic mass is 10.0. The first-order valence-electron chi connectivity index (χ1n) is 14.5. The van der Waals surface area contributed by atoms with E-state index in [1.54, 1.807) is 16.2 Å². The van der Waals surface area contributed by atoms with Gasteiger partial charge in [0.25, 0.3) is 0 Å². The van der Waals surface area contributed by atoms with E-state index in [4.69, 9.17) is 4.74 Å². The van der Waals surface area contributed by atoms with Crippen molar-refractivity contribution in [3.8, 4) is 0 Å². The zero-order chi connectivity index (χ0) is 30.2. The molecule has 1 aromatic heterocycles.